The number of terminal acetylenes is 2. The van der Waals surface area contributed by atoms with E-state index in [0.717, 1.165) is 44.6 Å². The number of piperidine rings is 1. The highest BCUT2D eigenvalue weighted by Crippen LogP contribution is 2.49. The van der Waals surface area contributed by atoms with E-state index >= 15 is 0 Å². The van der Waals surface area contributed by atoms with E-state index in [9.17, 15) is 18.0 Å². The highest BCUT2D eigenvalue weighted by Gasteiger charge is 2.55. The topological polar surface area (TPSA) is 32.8 Å². The van der Waals surface area contributed by atoms with Gasteiger partial charge in [0.1, 0.15) is 5.75 Å². The van der Waals surface area contributed by atoms with Crippen LogP contribution in [0.3, 0.4) is 0 Å². The average Bonchev–Trinajstić information content (AvgIpc) is 3.22. The maximum atomic E-state index is 13.8. The number of hydrogen-bond donors (Lipinski definition) is 0. The molecule has 7 heteroatoms. The number of allylic oxidation sites excluding steroid dienone is 6. The number of amides is 1. The summed E-state index contributed by atoms with van der Waals surface area (Å²) < 4.78 is 45.8. The summed E-state index contributed by atoms with van der Waals surface area (Å²) in [7, 11) is 0. The van der Waals surface area contributed by atoms with Crippen LogP contribution in [0.4, 0.5) is 13.2 Å². The lowest BCUT2D eigenvalue weighted by Gasteiger charge is -2.38. The Labute approximate surface area is 243 Å². The maximum absolute atomic E-state index is 13.8. The Morgan fingerprint density at radius 3 is 2.63 bits per heavy atom. The molecule has 220 valence electrons. The minimum Gasteiger partial charge on any atom is -0.470 e. The van der Waals surface area contributed by atoms with Gasteiger partial charge in [-0.3, -0.25) is 4.79 Å². The summed E-state index contributed by atoms with van der Waals surface area (Å²) in [6.07, 6.45) is 23.7. The van der Waals surface area contributed by atoms with E-state index in [-0.39, 0.29) is 18.4 Å². The molecular formula is C34H41F3N2O2. The standard InChI is InChI=1S/C32H39F3N2O2.C2H2/c1-5-6-7-8-9-10-11-12-25-15-17-36(21-24(25)4)18-16-31(23(2)3)20-29-37(30(31)38)22-26-19-27(32(33,34)35)13-14-28(26)39-29;1-2/h1,6-9,11-14,19,23-25,29H,10,15-18,20-22H2,2-4H3;1-2H/b7-6-,9-8-,12-11-;/t24-,25?,29?,31?;/m0./s1. The first-order chi connectivity index (χ1) is 19.5. The molecule has 0 aliphatic carbocycles. The van der Waals surface area contributed by atoms with E-state index in [1.54, 1.807) is 11.0 Å². The number of carbonyl (C=O) groups is 1. The summed E-state index contributed by atoms with van der Waals surface area (Å²) in [4.78, 5) is 17.9. The Balaban J connectivity index is 0.00000226. The molecule has 41 heavy (non-hydrogen) atoms. The van der Waals surface area contributed by atoms with Crippen LogP contribution < -0.4 is 4.74 Å². The third kappa shape index (κ3) is 7.46. The molecule has 3 aliphatic heterocycles. The summed E-state index contributed by atoms with van der Waals surface area (Å²) in [5, 5.41) is 0. The predicted octanol–water partition coefficient (Wildman–Crippen LogP) is 7.09. The van der Waals surface area contributed by atoms with Crippen molar-refractivity contribution in [2.75, 3.05) is 19.6 Å². The number of halogens is 3. The van der Waals surface area contributed by atoms with Gasteiger partial charge in [-0.1, -0.05) is 57.1 Å². The Morgan fingerprint density at radius 1 is 1.22 bits per heavy atom. The SMILES string of the molecule is C#C.C#C/C=C\C=C/C/C=C\C1CCN(CCC2(C(C)C)CC3Oc4ccc(C(F)(F)F)cc4CN3C2=O)C[C@@H]1C. The van der Waals surface area contributed by atoms with Crippen molar-refractivity contribution in [1.29, 1.82) is 0 Å². The number of rotatable bonds is 8. The van der Waals surface area contributed by atoms with Gasteiger partial charge in [-0.25, -0.2) is 0 Å². The van der Waals surface area contributed by atoms with Crippen molar-refractivity contribution in [3.05, 3.63) is 65.8 Å². The molecule has 0 spiro atoms. The van der Waals surface area contributed by atoms with Crippen molar-refractivity contribution < 1.29 is 22.7 Å². The predicted molar refractivity (Wildman–Crippen MR) is 157 cm³/mol. The zero-order valence-electron chi connectivity index (χ0n) is 24.2. The van der Waals surface area contributed by atoms with Gasteiger partial charge in [0.25, 0.3) is 0 Å². The van der Waals surface area contributed by atoms with Crippen LogP contribution in [-0.4, -0.2) is 41.6 Å². The number of benzene rings is 1. The number of carbonyl (C=O) groups excluding carboxylic acids is 1. The van der Waals surface area contributed by atoms with E-state index in [1.807, 2.05) is 12.2 Å². The van der Waals surface area contributed by atoms with Crippen LogP contribution in [-0.2, 0) is 17.5 Å². The van der Waals surface area contributed by atoms with Gasteiger partial charge in [-0.05, 0) is 74.4 Å². The monoisotopic (exact) mass is 566 g/mol. The maximum Gasteiger partial charge on any atom is 0.416 e. The summed E-state index contributed by atoms with van der Waals surface area (Å²) >= 11 is 0. The number of fused-ring (bicyclic) bond motifs is 2. The Morgan fingerprint density at radius 2 is 1.98 bits per heavy atom. The lowest BCUT2D eigenvalue weighted by molar-refractivity contribution is -0.142. The molecule has 0 saturated carbocycles. The highest BCUT2D eigenvalue weighted by atomic mass is 19.4. The van der Waals surface area contributed by atoms with Crippen molar-refractivity contribution in [1.82, 2.24) is 9.80 Å². The second-order valence-corrected chi connectivity index (χ2v) is 11.4. The van der Waals surface area contributed by atoms with E-state index in [0.29, 0.717) is 36.0 Å². The molecule has 4 atom stereocenters. The number of hydrogen-bond acceptors (Lipinski definition) is 3. The van der Waals surface area contributed by atoms with Gasteiger partial charge in [0, 0.05) is 18.5 Å². The minimum atomic E-state index is -4.43. The largest absolute Gasteiger partial charge is 0.470 e. The average molecular weight is 567 g/mol. The van der Waals surface area contributed by atoms with Crippen LogP contribution in [0.2, 0.25) is 0 Å². The van der Waals surface area contributed by atoms with Gasteiger partial charge >= 0.3 is 6.18 Å². The van der Waals surface area contributed by atoms with Crippen molar-refractivity contribution in [2.45, 2.75) is 65.4 Å². The summed E-state index contributed by atoms with van der Waals surface area (Å²) in [5.74, 6) is 4.05. The summed E-state index contributed by atoms with van der Waals surface area (Å²) in [6.45, 7) is 9.36. The van der Waals surface area contributed by atoms with Crippen LogP contribution in [0.5, 0.6) is 5.75 Å². The normalized spacial score (nSPS) is 26.6. The Kier molecular flexibility index (Phi) is 10.9. The fourth-order valence-corrected chi connectivity index (χ4v) is 6.21. The first-order valence-corrected chi connectivity index (χ1v) is 14.2. The molecule has 3 aliphatic rings. The smallest absolute Gasteiger partial charge is 0.416 e. The molecule has 0 bridgehead atoms. The highest BCUT2D eigenvalue weighted by molar-refractivity contribution is 5.86. The van der Waals surface area contributed by atoms with Crippen molar-refractivity contribution in [3.8, 4) is 30.9 Å². The third-order valence-electron chi connectivity index (χ3n) is 8.69. The fourth-order valence-electron chi connectivity index (χ4n) is 6.21. The number of likely N-dealkylation sites (tertiary alicyclic amines) is 1. The van der Waals surface area contributed by atoms with E-state index in [1.165, 1.54) is 6.07 Å². The van der Waals surface area contributed by atoms with Crippen LogP contribution in [0.25, 0.3) is 0 Å². The second kappa shape index (κ2) is 14.0. The van der Waals surface area contributed by atoms with E-state index in [4.69, 9.17) is 11.2 Å². The van der Waals surface area contributed by atoms with Gasteiger partial charge in [-0.15, -0.1) is 19.3 Å². The number of nitrogens with zero attached hydrogens (tertiary/aromatic N) is 2. The molecule has 4 rings (SSSR count). The molecule has 0 N–H and O–H groups in total. The molecule has 0 aromatic heterocycles. The number of alkyl halides is 3. The summed E-state index contributed by atoms with van der Waals surface area (Å²) in [5.41, 5.74) is -0.886. The van der Waals surface area contributed by atoms with Crippen molar-refractivity contribution in [3.63, 3.8) is 0 Å². The Hall–Kier alpha value is -3.42. The first-order valence-electron chi connectivity index (χ1n) is 14.2. The molecular weight excluding hydrogens is 525 g/mol. The molecule has 3 unspecified atom stereocenters. The van der Waals surface area contributed by atoms with Crippen LogP contribution >= 0.6 is 0 Å². The molecule has 3 heterocycles. The van der Waals surface area contributed by atoms with Crippen LogP contribution in [0.15, 0.2) is 54.7 Å². The molecule has 0 radical (unpaired) electrons. The van der Waals surface area contributed by atoms with E-state index in [2.05, 4.69) is 62.7 Å². The number of ether oxygens (including phenoxy) is 1. The van der Waals surface area contributed by atoms with Gasteiger partial charge < -0.3 is 14.5 Å². The molecule has 1 aromatic carbocycles. The Bertz CT molecular complexity index is 1210. The first kappa shape index (κ1) is 32.1. The van der Waals surface area contributed by atoms with Gasteiger partial charge in [0.05, 0.1) is 17.5 Å². The third-order valence-corrected chi connectivity index (χ3v) is 8.69. The lowest BCUT2D eigenvalue weighted by Crippen LogP contribution is -2.45. The van der Waals surface area contributed by atoms with Crippen molar-refractivity contribution in [2.24, 2.45) is 23.2 Å². The fraction of sp³-hybridized carbons (Fsp3) is 0.500. The second-order valence-electron chi connectivity index (χ2n) is 11.4. The quantitative estimate of drug-likeness (QED) is 0.191. The molecule has 1 aromatic rings. The van der Waals surface area contributed by atoms with Gasteiger partial charge in [-0.2, -0.15) is 13.2 Å². The van der Waals surface area contributed by atoms with Crippen LogP contribution in [0, 0.1) is 48.4 Å². The zero-order valence-corrected chi connectivity index (χ0v) is 24.2. The molecule has 1 amide bonds. The van der Waals surface area contributed by atoms with Crippen molar-refractivity contribution >= 4 is 5.91 Å². The molecule has 2 fully saturated rings. The molecule has 4 nitrogen and oxygen atoms in total. The summed E-state index contributed by atoms with van der Waals surface area (Å²) in [6, 6.07) is 3.55. The van der Waals surface area contributed by atoms with Gasteiger partial charge in [0.2, 0.25) is 5.91 Å². The zero-order chi connectivity index (χ0) is 30.2. The molecule has 2 saturated heterocycles. The minimum absolute atomic E-state index is 0.00146. The van der Waals surface area contributed by atoms with Crippen LogP contribution in [0.1, 0.15) is 57.6 Å². The lowest BCUT2D eigenvalue weighted by atomic mass is 9.72. The van der Waals surface area contributed by atoms with E-state index < -0.39 is 23.4 Å². The van der Waals surface area contributed by atoms with Gasteiger partial charge in [0.15, 0.2) is 6.23 Å².